The lowest BCUT2D eigenvalue weighted by molar-refractivity contribution is 0.0651. The molecule has 3 nitrogen and oxygen atoms in total. The monoisotopic (exact) mass is 256 g/mol. The molecule has 0 unspecified atom stereocenters. The van der Waals surface area contributed by atoms with Gasteiger partial charge in [0.25, 0.3) is 5.91 Å². The minimum absolute atomic E-state index is 0.0959. The maximum absolute atomic E-state index is 12.5. The Morgan fingerprint density at radius 1 is 1.47 bits per heavy atom. The van der Waals surface area contributed by atoms with Crippen molar-refractivity contribution in [3.05, 3.63) is 34.9 Å². The molecule has 1 amide bonds. The first-order valence-corrected chi connectivity index (χ1v) is 6.71. The van der Waals surface area contributed by atoms with Crippen molar-refractivity contribution in [1.29, 1.82) is 0 Å². The molecule has 100 valence electrons. The van der Waals surface area contributed by atoms with Gasteiger partial charge in [0.15, 0.2) is 0 Å². The van der Waals surface area contributed by atoms with Crippen molar-refractivity contribution in [3.63, 3.8) is 0 Å². The Balaban J connectivity index is 2.26. The Kier molecular flexibility index (Phi) is 4.24. The van der Waals surface area contributed by atoms with Gasteiger partial charge in [0.05, 0.1) is 6.54 Å². The number of nitrogens with two attached hydrogens (primary N) is 1. The minimum atomic E-state index is 0.0959. The Morgan fingerprint density at radius 2 is 2.21 bits per heavy atom. The van der Waals surface area contributed by atoms with Crippen molar-refractivity contribution in [2.75, 3.05) is 13.6 Å². The Hall–Kier alpha value is -1.79. The van der Waals surface area contributed by atoms with Gasteiger partial charge in [0.2, 0.25) is 0 Å². The summed E-state index contributed by atoms with van der Waals surface area (Å²) in [5.74, 6) is 5.95. The zero-order chi connectivity index (χ0) is 13.8. The number of nitrogens with zero attached hydrogens (tertiary/aromatic N) is 1. The van der Waals surface area contributed by atoms with Crippen molar-refractivity contribution in [2.45, 2.75) is 32.2 Å². The molecule has 3 heteroatoms. The van der Waals surface area contributed by atoms with E-state index in [9.17, 15) is 4.79 Å². The van der Waals surface area contributed by atoms with Gasteiger partial charge in [-0.25, -0.2) is 0 Å². The first kappa shape index (κ1) is 13.6. The van der Waals surface area contributed by atoms with E-state index in [1.165, 1.54) is 6.42 Å². The fraction of sp³-hybridized carbons (Fsp3) is 0.438. The Bertz CT molecular complexity index is 535. The van der Waals surface area contributed by atoms with Crippen LogP contribution >= 0.6 is 0 Å². The third-order valence-corrected chi connectivity index (χ3v) is 3.83. The second-order valence-electron chi connectivity index (χ2n) is 4.98. The van der Waals surface area contributed by atoms with E-state index >= 15 is 0 Å². The molecule has 1 aliphatic rings. The average molecular weight is 256 g/mol. The first-order chi connectivity index (χ1) is 9.15. The summed E-state index contributed by atoms with van der Waals surface area (Å²) in [4.78, 5) is 14.3. The van der Waals surface area contributed by atoms with Crippen LogP contribution in [0.2, 0.25) is 0 Å². The Labute approximate surface area is 114 Å². The summed E-state index contributed by atoms with van der Waals surface area (Å²) in [6.45, 7) is 2.28. The Morgan fingerprint density at radius 3 is 2.79 bits per heavy atom. The third kappa shape index (κ3) is 2.80. The highest BCUT2D eigenvalue weighted by molar-refractivity contribution is 5.96. The van der Waals surface area contributed by atoms with Crippen LogP contribution in [0.25, 0.3) is 0 Å². The molecular weight excluding hydrogens is 236 g/mol. The highest BCUT2D eigenvalue weighted by Crippen LogP contribution is 2.25. The van der Waals surface area contributed by atoms with Gasteiger partial charge in [-0.2, -0.15) is 0 Å². The van der Waals surface area contributed by atoms with Crippen molar-refractivity contribution < 1.29 is 4.79 Å². The summed E-state index contributed by atoms with van der Waals surface area (Å²) >= 11 is 0. The number of carbonyl (C=O) groups is 1. The quantitative estimate of drug-likeness (QED) is 0.822. The van der Waals surface area contributed by atoms with E-state index in [0.29, 0.717) is 12.6 Å². The molecule has 2 rings (SSSR count). The lowest BCUT2D eigenvalue weighted by Gasteiger charge is -2.35. The lowest BCUT2D eigenvalue weighted by atomic mass is 9.91. The van der Waals surface area contributed by atoms with Crippen LogP contribution in [0, 0.1) is 18.8 Å². The molecule has 19 heavy (non-hydrogen) atoms. The molecule has 0 aromatic heterocycles. The molecular formula is C16H20N2O. The molecule has 1 aliphatic carbocycles. The highest BCUT2D eigenvalue weighted by atomic mass is 16.2. The summed E-state index contributed by atoms with van der Waals surface area (Å²) in [5.41, 5.74) is 7.97. The van der Waals surface area contributed by atoms with Crippen LogP contribution in [0.4, 0.5) is 0 Å². The van der Waals surface area contributed by atoms with E-state index in [4.69, 9.17) is 5.73 Å². The fourth-order valence-electron chi connectivity index (χ4n) is 2.28. The van der Waals surface area contributed by atoms with E-state index in [0.717, 1.165) is 29.5 Å². The van der Waals surface area contributed by atoms with Crippen LogP contribution in [0.15, 0.2) is 18.2 Å². The van der Waals surface area contributed by atoms with Gasteiger partial charge < -0.3 is 10.6 Å². The van der Waals surface area contributed by atoms with Crippen molar-refractivity contribution in [1.82, 2.24) is 4.90 Å². The molecule has 0 radical (unpaired) electrons. The standard InChI is InChI=1S/C16H20N2O/c1-12-13(7-5-11-17)6-3-10-15(12)16(19)18(2)14-8-4-9-14/h3,6,10,14H,4,8-9,11,17H2,1-2H3. The van der Waals surface area contributed by atoms with Crippen LogP contribution in [-0.2, 0) is 0 Å². The van der Waals surface area contributed by atoms with Gasteiger partial charge in [-0.1, -0.05) is 17.9 Å². The van der Waals surface area contributed by atoms with E-state index < -0.39 is 0 Å². The van der Waals surface area contributed by atoms with E-state index in [-0.39, 0.29) is 5.91 Å². The first-order valence-electron chi connectivity index (χ1n) is 6.71. The number of hydrogen-bond acceptors (Lipinski definition) is 2. The minimum Gasteiger partial charge on any atom is -0.339 e. The van der Waals surface area contributed by atoms with Gasteiger partial charge in [0, 0.05) is 24.2 Å². The fourth-order valence-corrected chi connectivity index (χ4v) is 2.28. The molecule has 2 N–H and O–H groups in total. The van der Waals surface area contributed by atoms with Crippen LogP contribution in [0.3, 0.4) is 0 Å². The molecule has 1 fully saturated rings. The summed E-state index contributed by atoms with van der Waals surface area (Å²) < 4.78 is 0. The van der Waals surface area contributed by atoms with Gasteiger partial charge >= 0.3 is 0 Å². The number of rotatable bonds is 2. The van der Waals surface area contributed by atoms with Crippen molar-refractivity contribution in [2.24, 2.45) is 5.73 Å². The number of hydrogen-bond donors (Lipinski definition) is 1. The normalized spacial score (nSPS) is 14.3. The zero-order valence-corrected chi connectivity index (χ0v) is 11.6. The summed E-state index contributed by atoms with van der Waals surface area (Å²) in [7, 11) is 1.89. The number of benzene rings is 1. The highest BCUT2D eigenvalue weighted by Gasteiger charge is 2.27. The van der Waals surface area contributed by atoms with Crippen LogP contribution < -0.4 is 5.73 Å². The third-order valence-electron chi connectivity index (χ3n) is 3.83. The average Bonchev–Trinajstić information content (AvgIpc) is 2.34. The molecule has 0 heterocycles. The topological polar surface area (TPSA) is 46.3 Å². The number of amides is 1. The maximum atomic E-state index is 12.5. The van der Waals surface area contributed by atoms with E-state index in [1.807, 2.05) is 37.1 Å². The van der Waals surface area contributed by atoms with Crippen molar-refractivity contribution in [3.8, 4) is 11.8 Å². The molecule has 0 aliphatic heterocycles. The second kappa shape index (κ2) is 5.90. The SMILES string of the molecule is Cc1c(C#CCN)cccc1C(=O)N(C)C1CCC1. The number of carbonyl (C=O) groups excluding carboxylic acids is 1. The molecule has 0 spiro atoms. The zero-order valence-electron chi connectivity index (χ0n) is 11.6. The maximum Gasteiger partial charge on any atom is 0.254 e. The molecule has 1 saturated carbocycles. The van der Waals surface area contributed by atoms with E-state index in [2.05, 4.69) is 11.8 Å². The summed E-state index contributed by atoms with van der Waals surface area (Å²) in [5, 5.41) is 0. The molecule has 1 aromatic rings. The van der Waals surface area contributed by atoms with Gasteiger partial charge in [-0.3, -0.25) is 4.79 Å². The van der Waals surface area contributed by atoms with Gasteiger partial charge in [-0.15, -0.1) is 0 Å². The molecule has 1 aromatic carbocycles. The second-order valence-corrected chi connectivity index (χ2v) is 4.98. The van der Waals surface area contributed by atoms with Gasteiger partial charge in [0.1, 0.15) is 0 Å². The molecule has 0 atom stereocenters. The lowest BCUT2D eigenvalue weighted by Crippen LogP contribution is -2.41. The summed E-state index contributed by atoms with van der Waals surface area (Å²) in [6.07, 6.45) is 3.46. The van der Waals surface area contributed by atoms with E-state index in [1.54, 1.807) is 0 Å². The smallest absolute Gasteiger partial charge is 0.254 e. The largest absolute Gasteiger partial charge is 0.339 e. The predicted octanol–water partition coefficient (Wildman–Crippen LogP) is 1.93. The van der Waals surface area contributed by atoms with Crippen LogP contribution in [-0.4, -0.2) is 30.4 Å². The molecule has 0 saturated heterocycles. The van der Waals surface area contributed by atoms with Crippen LogP contribution in [0.5, 0.6) is 0 Å². The predicted molar refractivity (Wildman–Crippen MR) is 76.8 cm³/mol. The summed E-state index contributed by atoms with van der Waals surface area (Å²) in [6, 6.07) is 6.10. The molecule has 0 bridgehead atoms. The van der Waals surface area contributed by atoms with Gasteiger partial charge in [-0.05, 0) is 43.9 Å². The van der Waals surface area contributed by atoms with Crippen LogP contribution in [0.1, 0.15) is 40.7 Å². The van der Waals surface area contributed by atoms with Crippen molar-refractivity contribution >= 4 is 5.91 Å².